The Morgan fingerprint density at radius 3 is 1.70 bits per heavy atom. The number of benzene rings is 2. The minimum absolute atomic E-state index is 0. The average Bonchev–Trinajstić information content (AvgIpc) is 3.44. The van der Waals surface area contributed by atoms with Crippen LogP contribution in [0.3, 0.4) is 0 Å². The molecule has 0 heterocycles. The van der Waals surface area contributed by atoms with Gasteiger partial charge in [0.2, 0.25) is 0 Å². The van der Waals surface area contributed by atoms with E-state index in [1.807, 2.05) is 16.0 Å². The van der Waals surface area contributed by atoms with Crippen LogP contribution in [0.2, 0.25) is 0 Å². The zero-order valence-electron chi connectivity index (χ0n) is 19.6. The van der Waals surface area contributed by atoms with Crippen molar-refractivity contribution in [1.29, 1.82) is 0 Å². The van der Waals surface area contributed by atoms with Crippen LogP contribution in [0, 0.1) is 43.6 Å². The number of allylic oxidation sites excluding steroid dienone is 4. The van der Waals surface area contributed by atoms with Crippen LogP contribution in [0.5, 0.6) is 0 Å². The molecule has 4 fully saturated rings. The molecule has 5 aliphatic carbocycles. The predicted octanol–water partition coefficient (Wildman–Crippen LogP) is 1.80. The second kappa shape index (κ2) is 11.6. The Kier molecular flexibility index (Phi) is 9.33. The van der Waals surface area contributed by atoms with Gasteiger partial charge in [0.1, 0.15) is 0 Å². The summed E-state index contributed by atoms with van der Waals surface area (Å²) >= 11 is 2.42. The van der Waals surface area contributed by atoms with E-state index in [0.717, 1.165) is 30.1 Å². The fourth-order valence-electron chi connectivity index (χ4n) is 6.26. The van der Waals surface area contributed by atoms with Gasteiger partial charge in [0.15, 0.2) is 0 Å². The van der Waals surface area contributed by atoms with Crippen LogP contribution >= 0.6 is 0 Å². The third kappa shape index (κ3) is 5.97. The van der Waals surface area contributed by atoms with Gasteiger partial charge in [-0.2, -0.15) is 6.08 Å². The van der Waals surface area contributed by atoms with E-state index in [1.165, 1.54) is 32.7 Å². The molecule has 0 aliphatic heterocycles. The molecule has 0 spiro atoms. The summed E-state index contributed by atoms with van der Waals surface area (Å²) in [5.74, 6) is 4.40. The van der Waals surface area contributed by atoms with E-state index in [2.05, 4.69) is 88.4 Å². The predicted molar refractivity (Wildman–Crippen MR) is 130 cm³/mol. The van der Waals surface area contributed by atoms with Gasteiger partial charge >= 0.3 is 79.6 Å². The van der Waals surface area contributed by atoms with Crippen LogP contribution in [-0.2, 0) is 20.0 Å². The van der Waals surface area contributed by atoms with Crippen molar-refractivity contribution >= 4 is 25.4 Å². The summed E-state index contributed by atoms with van der Waals surface area (Å²) in [6.45, 7) is 4.29. The standard InChI is InChI=1S/C15H13.C10H14.C5H5.2ClH.Ti/c1-10-3-5-12-9-13-6-4-11(2)8-15(13)14(12)7-10;1-7-2-9-4-8(1)5-10(3-7)6-9;1-2-4-5-3-1;;;/h3-9H,1-2H3;7-10H,1-5H2;1-3H,4H2;2*1H;/q-1;;-1;;;+2/p-2. The molecular weight excluding hydrogens is 479 g/mol. The first-order valence-electron chi connectivity index (χ1n) is 11.9. The van der Waals surface area contributed by atoms with Crippen LogP contribution in [-0.4, -0.2) is 3.81 Å². The molecule has 33 heavy (non-hydrogen) atoms. The van der Waals surface area contributed by atoms with Crippen molar-refractivity contribution in [2.45, 2.75) is 52.4 Å². The summed E-state index contributed by atoms with van der Waals surface area (Å²) in [6, 6.07) is 15.6. The van der Waals surface area contributed by atoms with Gasteiger partial charge in [-0.05, 0) is 13.8 Å². The van der Waals surface area contributed by atoms with Gasteiger partial charge in [0.05, 0.1) is 0 Å². The Morgan fingerprint density at radius 1 is 0.788 bits per heavy atom. The van der Waals surface area contributed by atoms with Crippen molar-refractivity contribution in [3.05, 3.63) is 77.9 Å². The van der Waals surface area contributed by atoms with Crippen LogP contribution in [0.4, 0.5) is 0 Å². The maximum absolute atomic E-state index is 2.99. The Balaban J connectivity index is 0.000000150. The molecular formula is C30H32Cl2Ti-2. The van der Waals surface area contributed by atoms with Crippen LogP contribution in [0.1, 0.15) is 49.7 Å². The molecule has 3 aromatic carbocycles. The van der Waals surface area contributed by atoms with Crippen molar-refractivity contribution in [2.75, 3.05) is 0 Å². The van der Waals surface area contributed by atoms with Gasteiger partial charge in [-0.3, -0.25) is 6.08 Å². The number of hydrogen-bond donors (Lipinski definition) is 0. The quantitative estimate of drug-likeness (QED) is 0.319. The maximum atomic E-state index is 2.99. The minimum atomic E-state index is 0. The van der Waals surface area contributed by atoms with Gasteiger partial charge in [0.25, 0.3) is 0 Å². The first-order valence-corrected chi connectivity index (χ1v) is 12.7. The molecule has 4 saturated carbocycles. The third-order valence-corrected chi connectivity index (χ3v) is 8.90. The Morgan fingerprint density at radius 2 is 1.30 bits per heavy atom. The first kappa shape index (κ1) is 26.6. The number of halogens is 2. The van der Waals surface area contributed by atoms with Crippen molar-refractivity contribution in [1.82, 2.24) is 0 Å². The van der Waals surface area contributed by atoms with E-state index in [4.69, 9.17) is 0 Å². The summed E-state index contributed by atoms with van der Waals surface area (Å²) in [4.78, 5) is 0. The van der Waals surface area contributed by atoms with Gasteiger partial charge in [-0.25, -0.2) is 12.2 Å². The molecule has 3 aromatic rings. The fraction of sp³-hybridized carbons (Fsp3) is 0.400. The Labute approximate surface area is 223 Å². The van der Waals surface area contributed by atoms with Gasteiger partial charge in [-0.1, -0.05) is 35.4 Å². The summed E-state index contributed by atoms with van der Waals surface area (Å²) < 4.78 is 1.87. The van der Waals surface area contributed by atoms with Gasteiger partial charge in [0, 0.05) is 0 Å². The molecule has 0 saturated heterocycles. The zero-order valence-corrected chi connectivity index (χ0v) is 22.7. The van der Waals surface area contributed by atoms with E-state index in [1.54, 1.807) is 32.1 Å². The molecule has 0 nitrogen and oxygen atoms in total. The molecule has 5 aliphatic rings. The normalized spacial score (nSPS) is 25.8. The number of hydrogen-bond acceptors (Lipinski definition) is 0. The number of fused-ring (bicyclic) bond motifs is 3. The molecule has 4 bridgehead atoms. The molecule has 0 radical (unpaired) electrons. The van der Waals surface area contributed by atoms with E-state index >= 15 is 0 Å². The van der Waals surface area contributed by atoms with E-state index < -0.39 is 0 Å². The summed E-state index contributed by atoms with van der Waals surface area (Å²) in [5.41, 5.74) is 2.66. The SMILES string of the molecule is Cc1ccc2[cH-]c3ccc(C)cc3c2c1.[C-]1=CC=CC1.[Cl-].[Cl-].[Ti+2]=[C]1C2CC3CC(C2)CC1C3. The van der Waals surface area contributed by atoms with Crippen molar-refractivity contribution < 1.29 is 44.8 Å². The summed E-state index contributed by atoms with van der Waals surface area (Å²) in [7, 11) is 0. The molecule has 3 heteroatoms. The van der Waals surface area contributed by atoms with Gasteiger partial charge < -0.3 is 24.8 Å². The molecule has 0 aromatic heterocycles. The van der Waals surface area contributed by atoms with Crippen LogP contribution < -0.4 is 24.8 Å². The average molecular weight is 511 g/mol. The van der Waals surface area contributed by atoms with E-state index in [9.17, 15) is 0 Å². The second-order valence-corrected chi connectivity index (χ2v) is 11.0. The summed E-state index contributed by atoms with van der Waals surface area (Å²) in [6.07, 6.45) is 17.8. The third-order valence-electron chi connectivity index (χ3n) is 7.62. The Hall–Kier alpha value is -1.05. The van der Waals surface area contributed by atoms with Crippen molar-refractivity contribution in [2.24, 2.45) is 23.7 Å². The van der Waals surface area contributed by atoms with Crippen LogP contribution in [0.15, 0.2) is 60.7 Å². The molecule has 8 rings (SSSR count). The van der Waals surface area contributed by atoms with Gasteiger partial charge in [-0.15, -0.1) is 46.2 Å². The first-order chi connectivity index (χ1) is 15.1. The molecule has 0 atom stereocenters. The molecule has 172 valence electrons. The summed E-state index contributed by atoms with van der Waals surface area (Å²) in [5, 5.41) is 5.46. The fourth-order valence-corrected chi connectivity index (χ4v) is 6.99. The topological polar surface area (TPSA) is 0 Å². The Bertz CT molecular complexity index is 1070. The van der Waals surface area contributed by atoms with E-state index in [-0.39, 0.29) is 24.8 Å². The molecule has 0 amide bonds. The van der Waals surface area contributed by atoms with Crippen molar-refractivity contribution in [3.8, 4) is 0 Å². The number of aryl methyl sites for hydroxylation is 2. The zero-order chi connectivity index (χ0) is 21.4. The van der Waals surface area contributed by atoms with Crippen molar-refractivity contribution in [3.63, 3.8) is 0 Å². The second-order valence-electron chi connectivity index (χ2n) is 10.1. The molecule has 0 unspecified atom stereocenters. The van der Waals surface area contributed by atoms with Crippen LogP contribution in [0.25, 0.3) is 21.5 Å². The monoisotopic (exact) mass is 510 g/mol. The number of rotatable bonds is 0. The molecule has 0 N–H and O–H groups in total. The van der Waals surface area contributed by atoms with E-state index in [0.29, 0.717) is 0 Å².